The molecule has 55 valence electrons. The molecule has 0 fully saturated rings. The molecule has 0 aromatic heterocycles. The number of halogens is 2. The summed E-state index contributed by atoms with van der Waals surface area (Å²) in [6.45, 7) is 4.21. The van der Waals surface area contributed by atoms with E-state index in [0.717, 1.165) is 6.42 Å². The zero-order valence-corrected chi connectivity index (χ0v) is 9.11. The first-order valence-electron chi connectivity index (χ1n) is 2.53. The Hall–Kier alpha value is 0.774. The van der Waals surface area contributed by atoms with E-state index >= 15 is 0 Å². The average Bonchev–Trinajstić information content (AvgIpc) is 1.87. The van der Waals surface area contributed by atoms with Crippen LogP contribution in [0.5, 0.6) is 0 Å². The van der Waals surface area contributed by atoms with Gasteiger partial charge in [-0.05, 0) is 0 Å². The van der Waals surface area contributed by atoms with Gasteiger partial charge >= 0.3 is 21.7 Å². The fourth-order valence-corrected chi connectivity index (χ4v) is 0.751. The van der Waals surface area contributed by atoms with Gasteiger partial charge in [0.15, 0.2) is 0 Å². The molecule has 0 saturated carbocycles. The number of hydrogen-bond donors (Lipinski definition) is 0. The van der Waals surface area contributed by atoms with Crippen molar-refractivity contribution in [1.29, 1.82) is 0 Å². The summed E-state index contributed by atoms with van der Waals surface area (Å²) < 4.78 is 0. The van der Waals surface area contributed by atoms with E-state index in [-0.39, 0.29) is 46.5 Å². The summed E-state index contributed by atoms with van der Waals surface area (Å²) in [6, 6.07) is 0. The molecule has 0 atom stereocenters. The summed E-state index contributed by atoms with van der Waals surface area (Å²) in [5, 5.41) is 0. The summed E-state index contributed by atoms with van der Waals surface area (Å²) in [5.74, 6) is 0. The fraction of sp³-hybridized carbons (Fsp3) is 0.429. The van der Waals surface area contributed by atoms with Gasteiger partial charge in [0, 0.05) is 0 Å². The van der Waals surface area contributed by atoms with Crippen LogP contribution in [0, 0.1) is 6.08 Å². The molecule has 0 nitrogen and oxygen atoms in total. The quantitative estimate of drug-likeness (QED) is 0.284. The van der Waals surface area contributed by atoms with Gasteiger partial charge in [-0.25, -0.2) is 11.6 Å². The smallest absolute Gasteiger partial charge is 1.00 e. The Morgan fingerprint density at radius 3 is 1.90 bits per heavy atom. The van der Waals surface area contributed by atoms with Crippen LogP contribution in [0.1, 0.15) is 20.3 Å². The molecule has 0 aromatic rings. The van der Waals surface area contributed by atoms with E-state index in [9.17, 15) is 0 Å². The maximum Gasteiger partial charge on any atom is 3.00 e. The molecule has 0 saturated heterocycles. The molecular weight excluding hydrogens is 203 g/mol. The maximum absolute atomic E-state index is 3.19. The van der Waals surface area contributed by atoms with Crippen LogP contribution in [-0.2, 0) is 21.7 Å². The van der Waals surface area contributed by atoms with Crippen LogP contribution in [-0.4, -0.2) is 0 Å². The van der Waals surface area contributed by atoms with E-state index in [1.807, 2.05) is 0 Å². The van der Waals surface area contributed by atoms with Gasteiger partial charge in [-0.15, -0.1) is 6.42 Å². The Kier molecular flexibility index (Phi) is 13.4. The molecule has 1 rings (SSSR count). The molecule has 0 heterocycles. The Balaban J connectivity index is -0.000000163. The van der Waals surface area contributed by atoms with E-state index < -0.39 is 0 Å². The van der Waals surface area contributed by atoms with Crippen molar-refractivity contribution >= 4 is 0 Å². The zero-order chi connectivity index (χ0) is 5.28. The van der Waals surface area contributed by atoms with Crippen molar-refractivity contribution < 1.29 is 46.5 Å². The van der Waals surface area contributed by atoms with Crippen LogP contribution in [0.2, 0.25) is 0 Å². The molecule has 0 spiro atoms. The molecule has 1 aliphatic carbocycles. The second-order valence-corrected chi connectivity index (χ2v) is 2.03. The van der Waals surface area contributed by atoms with Crippen molar-refractivity contribution in [3.05, 3.63) is 23.3 Å². The molecule has 1 aliphatic rings. The van der Waals surface area contributed by atoms with Crippen LogP contribution in [0.25, 0.3) is 0 Å². The minimum atomic E-state index is 0. The number of rotatable bonds is 0. The van der Waals surface area contributed by atoms with Crippen LogP contribution < -0.4 is 24.8 Å². The number of hydrogen-bond acceptors (Lipinski definition) is 0. The van der Waals surface area contributed by atoms with E-state index in [4.69, 9.17) is 0 Å². The maximum atomic E-state index is 3.19. The Labute approximate surface area is 89.9 Å². The average molecular weight is 212 g/mol. The van der Waals surface area contributed by atoms with Gasteiger partial charge in [-0.3, -0.25) is 6.08 Å². The van der Waals surface area contributed by atoms with Crippen molar-refractivity contribution in [2.75, 3.05) is 0 Å². The fourth-order valence-electron chi connectivity index (χ4n) is 0.751. The van der Waals surface area contributed by atoms with Gasteiger partial charge < -0.3 is 24.8 Å². The van der Waals surface area contributed by atoms with Crippen LogP contribution in [0.3, 0.4) is 0 Å². The Morgan fingerprint density at radius 1 is 1.30 bits per heavy atom. The first-order valence-corrected chi connectivity index (χ1v) is 2.53. The molecule has 0 amide bonds. The van der Waals surface area contributed by atoms with Crippen LogP contribution in [0.15, 0.2) is 17.2 Å². The van der Waals surface area contributed by atoms with Crippen molar-refractivity contribution in [3.8, 4) is 0 Å². The molecule has 0 unspecified atom stereocenters. The van der Waals surface area contributed by atoms with Gasteiger partial charge in [-0.1, -0.05) is 13.8 Å². The monoisotopic (exact) mass is 211 g/mol. The van der Waals surface area contributed by atoms with Crippen molar-refractivity contribution in [2.45, 2.75) is 20.3 Å². The minimum absolute atomic E-state index is 0. The van der Waals surface area contributed by atoms with E-state index in [0.29, 0.717) is 0 Å². The summed E-state index contributed by atoms with van der Waals surface area (Å²) in [5.41, 5.74) is 2.72. The number of allylic oxidation sites excluding steroid dienone is 4. The standard InChI is InChI=1S/C7H9.2ClH.Ti/c1-6-3-4-7(2)5-6;;;/h5H,3H2,1-2H3;2*1H;/q-1;;;+3/p-2. The molecule has 10 heavy (non-hydrogen) atoms. The predicted octanol–water partition coefficient (Wildman–Crippen LogP) is -3.91. The topological polar surface area (TPSA) is 0 Å². The first kappa shape index (κ1) is 17.0. The van der Waals surface area contributed by atoms with Crippen molar-refractivity contribution in [3.63, 3.8) is 0 Å². The Morgan fingerprint density at radius 2 is 1.80 bits per heavy atom. The van der Waals surface area contributed by atoms with E-state index in [1.165, 1.54) is 11.1 Å². The molecule has 3 heteroatoms. The van der Waals surface area contributed by atoms with Crippen molar-refractivity contribution in [2.24, 2.45) is 0 Å². The SMILES string of the molecule is CC1=[C-]CC(C)=C1.[Cl-].[Cl-].[Ti+3]. The second-order valence-electron chi connectivity index (χ2n) is 2.03. The summed E-state index contributed by atoms with van der Waals surface area (Å²) in [6.07, 6.45) is 6.41. The van der Waals surface area contributed by atoms with E-state index in [1.54, 1.807) is 0 Å². The third-order valence-corrected chi connectivity index (χ3v) is 1.11. The largest absolute Gasteiger partial charge is 3.00 e. The molecule has 0 bridgehead atoms. The summed E-state index contributed by atoms with van der Waals surface area (Å²) in [4.78, 5) is 0. The van der Waals surface area contributed by atoms with Crippen LogP contribution in [0.4, 0.5) is 0 Å². The molecular formula is C7H9Cl2Ti. The van der Waals surface area contributed by atoms with Crippen LogP contribution >= 0.6 is 0 Å². The predicted molar refractivity (Wildman–Crippen MR) is 30.8 cm³/mol. The normalized spacial score (nSPS) is 13.4. The first-order chi connectivity index (χ1) is 3.29. The van der Waals surface area contributed by atoms with Gasteiger partial charge in [0.25, 0.3) is 0 Å². The third-order valence-electron chi connectivity index (χ3n) is 1.11. The summed E-state index contributed by atoms with van der Waals surface area (Å²) >= 11 is 0. The zero-order valence-electron chi connectivity index (χ0n) is 6.04. The third kappa shape index (κ3) is 5.55. The van der Waals surface area contributed by atoms with Gasteiger partial charge in [-0.2, -0.15) is 5.57 Å². The van der Waals surface area contributed by atoms with E-state index in [2.05, 4.69) is 26.0 Å². The molecule has 0 N–H and O–H groups in total. The van der Waals surface area contributed by atoms with Gasteiger partial charge in [0.1, 0.15) is 0 Å². The van der Waals surface area contributed by atoms with Crippen molar-refractivity contribution in [1.82, 2.24) is 0 Å². The summed E-state index contributed by atoms with van der Waals surface area (Å²) in [7, 11) is 0. The van der Waals surface area contributed by atoms with Gasteiger partial charge in [0.05, 0.1) is 0 Å². The molecule has 0 aromatic carbocycles. The Bertz CT molecular complexity index is 139. The molecule has 1 radical (unpaired) electrons. The second kappa shape index (κ2) is 7.88. The van der Waals surface area contributed by atoms with Gasteiger partial charge in [0.2, 0.25) is 0 Å². The molecule has 0 aliphatic heterocycles. The minimum Gasteiger partial charge on any atom is -1.00 e.